The molecule has 0 bridgehead atoms. The van der Waals surface area contributed by atoms with Crippen LogP contribution in [0.4, 0.5) is 0 Å². The highest BCUT2D eigenvalue weighted by Gasteiger charge is 2.09. The lowest BCUT2D eigenvalue weighted by molar-refractivity contribution is 0.784. The number of H-pyrrole nitrogens is 1. The third kappa shape index (κ3) is 2.08. The summed E-state index contributed by atoms with van der Waals surface area (Å²) in [5, 5.41) is 0. The molecule has 0 saturated carbocycles. The lowest BCUT2D eigenvalue weighted by Crippen LogP contribution is -2.17. The Kier molecular flexibility index (Phi) is 2.75. The topological polar surface area (TPSA) is 37.8 Å². The Morgan fingerprint density at radius 1 is 1.11 bits per heavy atom. The largest absolute Gasteiger partial charge is 0.326 e. The van der Waals surface area contributed by atoms with Gasteiger partial charge >= 0.3 is 5.69 Å². The first kappa shape index (κ1) is 11.8. The second kappa shape index (κ2) is 4.43. The number of aromatic nitrogens is 2. The molecule has 2 aromatic carbocycles. The van der Waals surface area contributed by atoms with Gasteiger partial charge in [0.05, 0.1) is 17.6 Å². The van der Waals surface area contributed by atoms with Crippen LogP contribution in [0.5, 0.6) is 0 Å². The molecule has 0 aliphatic carbocycles. The van der Waals surface area contributed by atoms with E-state index in [1.165, 1.54) is 5.56 Å². The van der Waals surface area contributed by atoms with Gasteiger partial charge in [0.25, 0.3) is 0 Å². The van der Waals surface area contributed by atoms with E-state index in [9.17, 15) is 4.79 Å². The van der Waals surface area contributed by atoms with E-state index in [-0.39, 0.29) is 5.69 Å². The molecular formula is C16H16N2O. The van der Waals surface area contributed by atoms with Crippen molar-refractivity contribution in [2.75, 3.05) is 0 Å². The minimum atomic E-state index is -0.0502. The average molecular weight is 252 g/mol. The van der Waals surface area contributed by atoms with E-state index in [1.54, 1.807) is 4.57 Å². The fraction of sp³-hybridized carbons (Fsp3) is 0.188. The zero-order chi connectivity index (χ0) is 13.4. The number of imidazole rings is 1. The molecule has 0 unspecified atom stereocenters. The zero-order valence-electron chi connectivity index (χ0n) is 11.1. The van der Waals surface area contributed by atoms with Crippen LogP contribution in [0.1, 0.15) is 16.7 Å². The first-order chi connectivity index (χ1) is 9.15. The van der Waals surface area contributed by atoms with Gasteiger partial charge in [0, 0.05) is 0 Å². The van der Waals surface area contributed by atoms with E-state index < -0.39 is 0 Å². The van der Waals surface area contributed by atoms with Crippen molar-refractivity contribution in [1.29, 1.82) is 0 Å². The Hall–Kier alpha value is -2.29. The summed E-state index contributed by atoms with van der Waals surface area (Å²) >= 11 is 0. The van der Waals surface area contributed by atoms with E-state index in [0.29, 0.717) is 6.54 Å². The van der Waals surface area contributed by atoms with Crippen molar-refractivity contribution < 1.29 is 0 Å². The molecule has 3 nitrogen and oxygen atoms in total. The second-order valence-electron chi connectivity index (χ2n) is 4.98. The molecule has 0 aliphatic heterocycles. The number of nitrogens with one attached hydrogen (secondary N) is 1. The van der Waals surface area contributed by atoms with Crippen LogP contribution in [0, 0.1) is 13.8 Å². The second-order valence-corrected chi connectivity index (χ2v) is 4.98. The van der Waals surface area contributed by atoms with Crippen molar-refractivity contribution in [3.63, 3.8) is 0 Å². The van der Waals surface area contributed by atoms with E-state index in [1.807, 2.05) is 31.2 Å². The van der Waals surface area contributed by atoms with Crippen LogP contribution in [0.2, 0.25) is 0 Å². The predicted octanol–water partition coefficient (Wildman–Crippen LogP) is 2.99. The Morgan fingerprint density at radius 3 is 2.68 bits per heavy atom. The summed E-state index contributed by atoms with van der Waals surface area (Å²) in [6, 6.07) is 14.2. The summed E-state index contributed by atoms with van der Waals surface area (Å²) in [4.78, 5) is 15.0. The molecule has 19 heavy (non-hydrogen) atoms. The van der Waals surface area contributed by atoms with Gasteiger partial charge in [0.2, 0.25) is 0 Å². The van der Waals surface area contributed by atoms with Gasteiger partial charge in [-0.25, -0.2) is 4.79 Å². The number of hydrogen-bond donors (Lipinski definition) is 1. The quantitative estimate of drug-likeness (QED) is 0.748. The van der Waals surface area contributed by atoms with Gasteiger partial charge in [-0.2, -0.15) is 0 Å². The monoisotopic (exact) mass is 252 g/mol. The van der Waals surface area contributed by atoms with E-state index in [2.05, 4.69) is 30.1 Å². The third-order valence-corrected chi connectivity index (χ3v) is 3.42. The van der Waals surface area contributed by atoms with E-state index >= 15 is 0 Å². The fourth-order valence-corrected chi connectivity index (χ4v) is 2.55. The summed E-state index contributed by atoms with van der Waals surface area (Å²) in [5.74, 6) is 0. The number of fused-ring (bicyclic) bond motifs is 1. The number of aromatic amines is 1. The highest BCUT2D eigenvalue weighted by molar-refractivity contribution is 5.78. The van der Waals surface area contributed by atoms with Gasteiger partial charge < -0.3 is 4.98 Å². The van der Waals surface area contributed by atoms with Crippen LogP contribution in [-0.2, 0) is 6.54 Å². The Morgan fingerprint density at radius 2 is 1.89 bits per heavy atom. The fourth-order valence-electron chi connectivity index (χ4n) is 2.55. The molecular weight excluding hydrogens is 236 g/mol. The lowest BCUT2D eigenvalue weighted by Gasteiger charge is -2.06. The summed E-state index contributed by atoms with van der Waals surface area (Å²) in [6.07, 6.45) is 0. The molecule has 0 aliphatic rings. The Balaban J connectivity index is 2.15. The first-order valence-corrected chi connectivity index (χ1v) is 6.39. The maximum atomic E-state index is 12.1. The molecule has 0 amide bonds. The smallest absolute Gasteiger partial charge is 0.306 e. The SMILES string of the molecule is Cc1cccc(Cn2c(=O)[nH]c3cccc(C)c32)c1. The molecule has 0 saturated heterocycles. The molecule has 0 spiro atoms. The minimum Gasteiger partial charge on any atom is -0.306 e. The summed E-state index contributed by atoms with van der Waals surface area (Å²) in [7, 11) is 0. The number of benzene rings is 2. The van der Waals surface area contributed by atoms with Crippen LogP contribution in [0.15, 0.2) is 47.3 Å². The third-order valence-electron chi connectivity index (χ3n) is 3.42. The molecule has 1 aromatic heterocycles. The molecule has 1 heterocycles. The van der Waals surface area contributed by atoms with Crippen molar-refractivity contribution >= 4 is 11.0 Å². The number of aryl methyl sites for hydroxylation is 2. The average Bonchev–Trinajstić information content (AvgIpc) is 2.67. The Labute approximate surface area is 111 Å². The van der Waals surface area contributed by atoms with Crippen molar-refractivity contribution in [2.45, 2.75) is 20.4 Å². The van der Waals surface area contributed by atoms with E-state index in [0.717, 1.165) is 22.2 Å². The summed E-state index contributed by atoms with van der Waals surface area (Å²) in [6.45, 7) is 4.69. The summed E-state index contributed by atoms with van der Waals surface area (Å²) in [5.41, 5.74) is 5.31. The molecule has 1 N–H and O–H groups in total. The van der Waals surface area contributed by atoms with Crippen LogP contribution in [0.3, 0.4) is 0 Å². The van der Waals surface area contributed by atoms with Crippen molar-refractivity contribution in [3.8, 4) is 0 Å². The van der Waals surface area contributed by atoms with Crippen molar-refractivity contribution in [2.24, 2.45) is 0 Å². The molecule has 0 atom stereocenters. The number of para-hydroxylation sites is 1. The van der Waals surface area contributed by atoms with Crippen molar-refractivity contribution in [1.82, 2.24) is 9.55 Å². The van der Waals surface area contributed by atoms with Crippen LogP contribution in [-0.4, -0.2) is 9.55 Å². The highest BCUT2D eigenvalue weighted by Crippen LogP contribution is 2.16. The Bertz CT molecular complexity index is 796. The zero-order valence-corrected chi connectivity index (χ0v) is 11.1. The molecule has 0 fully saturated rings. The molecule has 96 valence electrons. The summed E-state index contributed by atoms with van der Waals surface area (Å²) < 4.78 is 1.80. The normalized spacial score (nSPS) is 11.1. The maximum absolute atomic E-state index is 12.1. The number of rotatable bonds is 2. The highest BCUT2D eigenvalue weighted by atomic mass is 16.1. The van der Waals surface area contributed by atoms with E-state index in [4.69, 9.17) is 0 Å². The van der Waals surface area contributed by atoms with Crippen LogP contribution >= 0.6 is 0 Å². The standard InChI is InChI=1S/C16H16N2O/c1-11-5-3-7-13(9-11)10-18-15-12(2)6-4-8-14(15)17-16(18)19/h3-9H,10H2,1-2H3,(H,17,19). The predicted molar refractivity (Wildman–Crippen MR) is 77.6 cm³/mol. The van der Waals surface area contributed by atoms with Gasteiger partial charge in [-0.05, 0) is 31.0 Å². The van der Waals surface area contributed by atoms with Crippen molar-refractivity contribution in [3.05, 3.63) is 69.6 Å². The maximum Gasteiger partial charge on any atom is 0.326 e. The van der Waals surface area contributed by atoms with Gasteiger partial charge in [0.15, 0.2) is 0 Å². The van der Waals surface area contributed by atoms with Crippen LogP contribution < -0.4 is 5.69 Å². The minimum absolute atomic E-state index is 0.0502. The lowest BCUT2D eigenvalue weighted by atomic mass is 10.1. The first-order valence-electron chi connectivity index (χ1n) is 6.39. The van der Waals surface area contributed by atoms with Crippen LogP contribution in [0.25, 0.3) is 11.0 Å². The molecule has 3 aromatic rings. The molecule has 3 heteroatoms. The van der Waals surface area contributed by atoms with Gasteiger partial charge in [-0.3, -0.25) is 4.57 Å². The van der Waals surface area contributed by atoms with Gasteiger partial charge in [-0.1, -0.05) is 42.0 Å². The van der Waals surface area contributed by atoms with Gasteiger partial charge in [0.1, 0.15) is 0 Å². The molecule has 0 radical (unpaired) electrons. The number of nitrogens with zero attached hydrogens (tertiary/aromatic N) is 1. The molecule has 3 rings (SSSR count). The van der Waals surface area contributed by atoms with Gasteiger partial charge in [-0.15, -0.1) is 0 Å². The number of hydrogen-bond acceptors (Lipinski definition) is 1.